The molecule has 0 saturated heterocycles. The summed E-state index contributed by atoms with van der Waals surface area (Å²) in [6.07, 6.45) is 0. The summed E-state index contributed by atoms with van der Waals surface area (Å²) < 4.78 is 26.7. The van der Waals surface area contributed by atoms with E-state index in [1.54, 1.807) is 30.3 Å². The van der Waals surface area contributed by atoms with E-state index in [0.717, 1.165) is 5.56 Å². The summed E-state index contributed by atoms with van der Waals surface area (Å²) in [4.78, 5) is 0.176. The second-order valence-electron chi connectivity index (χ2n) is 3.80. The number of nitrogens with one attached hydrogen (secondary N) is 1. The molecule has 19 heavy (non-hydrogen) atoms. The predicted molar refractivity (Wildman–Crippen MR) is 72.3 cm³/mol. The summed E-state index contributed by atoms with van der Waals surface area (Å²) >= 11 is 5.73. The zero-order chi connectivity index (χ0) is 13.2. The summed E-state index contributed by atoms with van der Waals surface area (Å²) in [6.45, 7) is 1.83. The Kier molecular flexibility index (Phi) is 5.99. The van der Waals surface area contributed by atoms with E-state index in [2.05, 4.69) is 10.8 Å². The minimum absolute atomic E-state index is 0. The molecule has 6 heteroatoms. The van der Waals surface area contributed by atoms with E-state index in [1.807, 2.05) is 6.92 Å². The fourth-order valence-electron chi connectivity index (χ4n) is 1.44. The third kappa shape index (κ3) is 4.28. The zero-order valence-electron chi connectivity index (χ0n) is 10.2. The van der Waals surface area contributed by atoms with Crippen LogP contribution in [0.3, 0.4) is 0 Å². The Balaban J connectivity index is 0.00000180. The van der Waals surface area contributed by atoms with Crippen LogP contribution in [0.5, 0.6) is 0 Å². The number of hydrogen-bond acceptors (Lipinski definition) is 2. The molecule has 0 aromatic heterocycles. The Morgan fingerprint density at radius 3 is 2.37 bits per heavy atom. The first-order valence-corrected chi connectivity index (χ1v) is 7.10. The molecule has 94 valence electrons. The molecule has 2 aromatic rings. The number of hydrogen-bond donors (Lipinski definition) is 1. The van der Waals surface area contributed by atoms with Crippen molar-refractivity contribution in [3.63, 3.8) is 0 Å². The summed E-state index contributed by atoms with van der Waals surface area (Å²) in [7, 11) is -3.58. The van der Waals surface area contributed by atoms with Gasteiger partial charge in [0.1, 0.15) is 0 Å². The molecule has 0 heterocycles. The van der Waals surface area contributed by atoms with Crippen LogP contribution in [0.2, 0.25) is 5.02 Å². The number of aryl methyl sites for hydroxylation is 1. The van der Waals surface area contributed by atoms with Gasteiger partial charge in [0.2, 0.25) is 0 Å². The first-order chi connectivity index (χ1) is 8.49. The van der Waals surface area contributed by atoms with Gasteiger partial charge in [0.15, 0.2) is 0 Å². The van der Waals surface area contributed by atoms with E-state index < -0.39 is 10.0 Å². The summed E-state index contributed by atoms with van der Waals surface area (Å²) in [6, 6.07) is 14.0. The second kappa shape index (κ2) is 6.84. The largest absolute Gasteiger partial charge is 3.00 e. The van der Waals surface area contributed by atoms with Crippen molar-refractivity contribution in [3.8, 4) is 0 Å². The van der Waals surface area contributed by atoms with Gasteiger partial charge in [-0.1, -0.05) is 24.2 Å². The van der Waals surface area contributed by atoms with Gasteiger partial charge in [-0.2, -0.15) is 24.3 Å². The third-order valence-electron chi connectivity index (χ3n) is 2.45. The molecule has 0 aliphatic rings. The minimum Gasteiger partial charge on any atom is -0.333 e. The van der Waals surface area contributed by atoms with Crippen molar-refractivity contribution in [2.24, 2.45) is 0 Å². The first-order valence-electron chi connectivity index (χ1n) is 5.24. The van der Waals surface area contributed by atoms with Crippen molar-refractivity contribution in [2.75, 3.05) is 4.72 Å². The molecule has 0 spiro atoms. The fourth-order valence-corrected chi connectivity index (χ4v) is 2.68. The molecule has 0 aliphatic carbocycles. The smallest absolute Gasteiger partial charge is 0.333 e. The van der Waals surface area contributed by atoms with Gasteiger partial charge in [-0.05, 0) is 24.3 Å². The van der Waals surface area contributed by atoms with Crippen molar-refractivity contribution < 1.29 is 41.1 Å². The third-order valence-corrected chi connectivity index (χ3v) is 4.08. The number of halogens is 1. The first kappa shape index (κ1) is 16.6. The fraction of sp³-hybridized carbons (Fsp3) is 0.0769. The van der Waals surface area contributed by atoms with Gasteiger partial charge in [0.25, 0.3) is 10.0 Å². The normalized spacial score (nSPS) is 10.6. The molecular formula is C13H11ClNO2SY+2. The van der Waals surface area contributed by atoms with Crippen LogP contribution in [-0.2, 0) is 42.7 Å². The Labute approximate surface area is 143 Å². The van der Waals surface area contributed by atoms with Crippen LogP contribution in [-0.4, -0.2) is 8.42 Å². The molecule has 0 fully saturated rings. The van der Waals surface area contributed by atoms with Gasteiger partial charge in [0, 0.05) is 5.02 Å². The summed E-state index contributed by atoms with van der Waals surface area (Å²) in [5.74, 6) is 0. The molecular weight excluding hydrogens is 359 g/mol. The summed E-state index contributed by atoms with van der Waals surface area (Å²) in [5, 5.41) is 0.498. The molecule has 0 saturated carbocycles. The quantitative estimate of drug-likeness (QED) is 0.844. The number of benzene rings is 2. The molecule has 0 amide bonds. The van der Waals surface area contributed by atoms with Crippen molar-refractivity contribution in [2.45, 2.75) is 11.8 Å². The van der Waals surface area contributed by atoms with E-state index >= 15 is 0 Å². The van der Waals surface area contributed by atoms with Gasteiger partial charge in [-0.25, -0.2) is 8.42 Å². The minimum atomic E-state index is -3.58. The maximum absolute atomic E-state index is 12.1. The molecule has 1 N–H and O–H groups in total. The Morgan fingerprint density at radius 1 is 1.16 bits per heavy atom. The number of sulfonamides is 1. The van der Waals surface area contributed by atoms with E-state index in [0.29, 0.717) is 10.7 Å². The van der Waals surface area contributed by atoms with Gasteiger partial charge < -0.3 is 4.72 Å². The van der Waals surface area contributed by atoms with Crippen LogP contribution in [0, 0.1) is 13.0 Å². The van der Waals surface area contributed by atoms with Gasteiger partial charge in [0.05, 0.1) is 4.90 Å². The van der Waals surface area contributed by atoms with Crippen molar-refractivity contribution in [3.05, 3.63) is 59.1 Å². The zero-order valence-corrected chi connectivity index (χ0v) is 14.6. The van der Waals surface area contributed by atoms with E-state index in [-0.39, 0.29) is 37.6 Å². The van der Waals surface area contributed by atoms with Crippen LogP contribution >= 0.6 is 11.6 Å². The average molecular weight is 370 g/mol. The van der Waals surface area contributed by atoms with Gasteiger partial charge >= 0.3 is 32.7 Å². The van der Waals surface area contributed by atoms with E-state index in [9.17, 15) is 8.42 Å². The number of anilines is 1. The van der Waals surface area contributed by atoms with Crippen molar-refractivity contribution in [1.82, 2.24) is 0 Å². The van der Waals surface area contributed by atoms with Crippen LogP contribution < -0.4 is 4.72 Å². The van der Waals surface area contributed by atoms with Gasteiger partial charge in [-0.15, -0.1) is 5.56 Å². The van der Waals surface area contributed by atoms with Crippen molar-refractivity contribution in [1.29, 1.82) is 0 Å². The average Bonchev–Trinajstić information content (AvgIpc) is 2.32. The van der Waals surface area contributed by atoms with Crippen LogP contribution in [0.25, 0.3) is 0 Å². The predicted octanol–water partition coefficient (Wildman–Crippen LogP) is 3.25. The molecule has 0 unspecified atom stereocenters. The molecule has 2 aromatic carbocycles. The molecule has 0 bridgehead atoms. The maximum Gasteiger partial charge on any atom is 3.00 e. The Morgan fingerprint density at radius 2 is 1.79 bits per heavy atom. The van der Waals surface area contributed by atoms with Crippen LogP contribution in [0.4, 0.5) is 5.69 Å². The Bertz CT molecular complexity index is 657. The van der Waals surface area contributed by atoms with Crippen LogP contribution in [0.15, 0.2) is 47.4 Å². The maximum atomic E-state index is 12.1. The molecule has 0 atom stereocenters. The molecule has 2 rings (SSSR count). The van der Waals surface area contributed by atoms with Gasteiger partial charge in [-0.3, -0.25) is 0 Å². The van der Waals surface area contributed by atoms with Crippen molar-refractivity contribution >= 4 is 27.3 Å². The topological polar surface area (TPSA) is 46.2 Å². The summed E-state index contributed by atoms with van der Waals surface area (Å²) in [5.41, 5.74) is 1.36. The monoisotopic (exact) mass is 369 g/mol. The second-order valence-corrected chi connectivity index (χ2v) is 5.92. The van der Waals surface area contributed by atoms with E-state index in [1.165, 1.54) is 12.1 Å². The number of rotatable bonds is 3. The van der Waals surface area contributed by atoms with E-state index in [4.69, 9.17) is 11.6 Å². The molecule has 0 aliphatic heterocycles. The standard InChI is InChI=1S/C13H11ClNO2S.Y/c1-10-4-2-3-5-13(10)15-18(16,17)12-8-6-11(14)7-9-12;/h2,4-9,15H,1H3;/q-1;+3. The molecule has 0 radical (unpaired) electrons. The molecule has 3 nitrogen and oxygen atoms in total. The Hall–Kier alpha value is -0.416. The SMILES string of the molecule is Cc1cc[c-]cc1NS(=O)(=O)c1ccc(Cl)cc1.[Y+3]. The van der Waals surface area contributed by atoms with Crippen LogP contribution in [0.1, 0.15) is 5.56 Å².